The molecule has 0 spiro atoms. The number of alkyl halides is 27. The van der Waals surface area contributed by atoms with Gasteiger partial charge in [0.05, 0.1) is 0 Å². The summed E-state index contributed by atoms with van der Waals surface area (Å²) in [4.78, 5) is 8.90. The van der Waals surface area contributed by atoms with Gasteiger partial charge in [0.25, 0.3) is 0 Å². The van der Waals surface area contributed by atoms with Gasteiger partial charge in [-0.15, -0.1) is 0 Å². The zero-order chi connectivity index (χ0) is 62.1. The zero-order valence-electron chi connectivity index (χ0n) is 29.4. The maximum absolute atomic E-state index is 10.7. The van der Waals surface area contributed by atoms with Crippen molar-refractivity contribution >= 4 is 86.9 Å². The van der Waals surface area contributed by atoms with Gasteiger partial charge in [-0.25, -0.2) is 4.79 Å². The van der Waals surface area contributed by atoms with E-state index in [1.807, 2.05) is 0 Å². The third-order valence-electron chi connectivity index (χ3n) is 2.58. The van der Waals surface area contributed by atoms with Gasteiger partial charge in [0.2, 0.25) is 0 Å². The standard InChI is InChI=1S/C2HF3O2.8CHF3O3S/c3-2(4,5)1(6)7;8*2-1(3,4)8(5,6)7/h(H,6,7);8*(H,5,6,7). The van der Waals surface area contributed by atoms with Gasteiger partial charge in [-0.2, -0.15) is 186 Å². The summed E-state index contributed by atoms with van der Waals surface area (Å²) in [6, 6.07) is 0. The molecule has 9 N–H and O–H groups in total. The van der Waals surface area contributed by atoms with Crippen LogP contribution >= 0.6 is 0 Å². The van der Waals surface area contributed by atoms with Gasteiger partial charge in [0.1, 0.15) is 0 Å². The van der Waals surface area contributed by atoms with Gasteiger partial charge >= 0.3 is 137 Å². The highest BCUT2D eigenvalue weighted by Gasteiger charge is 2.48. The summed E-state index contributed by atoms with van der Waals surface area (Å²) in [6.45, 7) is 0. The smallest absolute Gasteiger partial charge is 0.475 e. The molecule has 0 aromatic rings. The number of carboxylic acids is 1. The van der Waals surface area contributed by atoms with Crippen molar-refractivity contribution in [3.05, 3.63) is 0 Å². The molecule has 0 rings (SSSR count). The minimum Gasteiger partial charge on any atom is -0.475 e. The van der Waals surface area contributed by atoms with Crippen molar-refractivity contribution in [2.75, 3.05) is 0 Å². The Morgan fingerprint density at radius 1 is 0.211 bits per heavy atom. The Labute approximate surface area is 369 Å². The van der Waals surface area contributed by atoms with Crippen LogP contribution in [0.3, 0.4) is 0 Å². The van der Waals surface area contributed by atoms with Crippen LogP contribution in [0.4, 0.5) is 119 Å². The van der Waals surface area contributed by atoms with Crippen LogP contribution in [0.15, 0.2) is 0 Å². The molecule has 61 heteroatoms. The van der Waals surface area contributed by atoms with Crippen LogP contribution in [0.2, 0.25) is 0 Å². The second kappa shape index (κ2) is 28.0. The van der Waals surface area contributed by atoms with Gasteiger partial charge in [-0.1, -0.05) is 0 Å². The number of carboxylic acid groups (broad SMARTS) is 1. The lowest BCUT2D eigenvalue weighted by Crippen LogP contribution is -2.21. The molecule has 0 bridgehead atoms. The van der Waals surface area contributed by atoms with E-state index in [-0.39, 0.29) is 0 Å². The van der Waals surface area contributed by atoms with Crippen molar-refractivity contribution in [1.82, 2.24) is 0 Å². The molecule has 26 nitrogen and oxygen atoms in total. The first-order chi connectivity index (χ1) is 28.9. The van der Waals surface area contributed by atoms with E-state index in [0.717, 1.165) is 0 Å². The number of halogens is 27. The van der Waals surface area contributed by atoms with Crippen LogP contribution in [-0.4, -0.2) is 165 Å². The fourth-order valence-electron chi connectivity index (χ4n) is 0. The van der Waals surface area contributed by atoms with Crippen molar-refractivity contribution in [2.24, 2.45) is 0 Å². The molecule has 0 aromatic heterocycles. The van der Waals surface area contributed by atoms with E-state index in [2.05, 4.69) is 0 Å². The first-order valence-corrected chi connectivity index (χ1v) is 23.1. The summed E-state index contributed by atoms with van der Waals surface area (Å²) in [6.07, 6.45) is -5.08. The van der Waals surface area contributed by atoms with Crippen molar-refractivity contribution < 1.29 is 232 Å². The van der Waals surface area contributed by atoms with Gasteiger partial charge in [-0.05, 0) is 0 Å². The molecule has 0 radical (unpaired) electrons. The molecule has 71 heavy (non-hydrogen) atoms. The van der Waals surface area contributed by atoms with Crippen molar-refractivity contribution in [3.8, 4) is 0 Å². The van der Waals surface area contributed by atoms with Crippen LogP contribution in [0.5, 0.6) is 0 Å². The third-order valence-corrected chi connectivity index (χ3v) is 7.26. The topological polar surface area (TPSA) is 472 Å². The number of hydrogen-bond donors (Lipinski definition) is 9. The van der Waals surface area contributed by atoms with E-state index in [1.54, 1.807) is 0 Å². The highest BCUT2D eigenvalue weighted by atomic mass is 32.3. The molecule has 0 aromatic carbocycles. The van der Waals surface area contributed by atoms with Crippen LogP contribution < -0.4 is 0 Å². The molecule has 0 saturated carbocycles. The van der Waals surface area contributed by atoms with Crippen LogP contribution in [-0.2, 0) is 85.7 Å². The Morgan fingerprint density at radius 2 is 0.239 bits per heavy atom. The number of aliphatic carboxylic acids is 1. The fraction of sp³-hybridized carbons (Fsp3) is 0.900. The van der Waals surface area contributed by atoms with Crippen molar-refractivity contribution in [3.63, 3.8) is 0 Å². The average molecular weight is 1310 g/mol. The highest BCUT2D eigenvalue weighted by molar-refractivity contribution is 7.88. The summed E-state index contributed by atoms with van der Waals surface area (Å²) >= 11 is 0. The molecule has 442 valence electrons. The van der Waals surface area contributed by atoms with E-state index < -0.39 is 137 Å². The van der Waals surface area contributed by atoms with Crippen LogP contribution in [0.1, 0.15) is 0 Å². The normalized spacial score (nSPS) is 13.7. The molecule has 0 aliphatic carbocycles. The Bertz CT molecular complexity index is 2020. The third kappa shape index (κ3) is 50.2. The molecule has 0 unspecified atom stereocenters. The van der Waals surface area contributed by atoms with Gasteiger partial charge in [0, 0.05) is 0 Å². The number of carbonyl (C=O) groups is 1. The van der Waals surface area contributed by atoms with Crippen LogP contribution in [0, 0.1) is 0 Å². The van der Waals surface area contributed by atoms with Crippen molar-refractivity contribution in [2.45, 2.75) is 50.2 Å². The summed E-state index contributed by atoms with van der Waals surface area (Å²) in [7, 11) is -46.7. The van der Waals surface area contributed by atoms with E-state index in [1.165, 1.54) is 0 Å². The van der Waals surface area contributed by atoms with Gasteiger partial charge in [-0.3, -0.25) is 36.4 Å². The predicted molar refractivity (Wildman–Crippen MR) is 155 cm³/mol. The Kier molecular flexibility index (Phi) is 34.5. The first-order valence-electron chi connectivity index (χ1n) is 11.5. The number of rotatable bonds is 0. The summed E-state index contributed by atoms with van der Waals surface area (Å²) in [5.41, 5.74) is -44.3. The lowest BCUT2D eigenvalue weighted by atomic mass is 10.7. The zero-order valence-corrected chi connectivity index (χ0v) is 36.0. The van der Waals surface area contributed by atoms with Gasteiger partial charge < -0.3 is 5.11 Å². The minimum atomic E-state index is -5.84. The molecule has 0 aliphatic heterocycles. The maximum atomic E-state index is 10.7. The van der Waals surface area contributed by atoms with Crippen molar-refractivity contribution in [1.29, 1.82) is 0 Å². The monoisotopic (exact) mass is 1310 g/mol. The quantitative estimate of drug-likeness (QED) is 0.0946. The summed E-state index contributed by atoms with van der Waals surface area (Å²) < 4.78 is 492. The summed E-state index contributed by atoms with van der Waals surface area (Å²) in [5, 5.41) is 7.12. The maximum Gasteiger partial charge on any atom is 0.522 e. The lowest BCUT2D eigenvalue weighted by molar-refractivity contribution is -0.192. The second-order valence-corrected chi connectivity index (χ2v) is 19.5. The van der Waals surface area contributed by atoms with E-state index in [9.17, 15) is 119 Å². The predicted octanol–water partition coefficient (Wildman–Crippen LogP) is 3.79. The lowest BCUT2D eigenvalue weighted by Gasteiger charge is -1.97. The fourth-order valence-corrected chi connectivity index (χ4v) is 0. The first kappa shape index (κ1) is 87.6. The molecule has 0 fully saturated rings. The number of hydrogen-bond acceptors (Lipinski definition) is 17. The molecule has 0 amide bonds. The van der Waals surface area contributed by atoms with Gasteiger partial charge in [0.15, 0.2) is 0 Å². The van der Waals surface area contributed by atoms with E-state index in [0.29, 0.717) is 0 Å². The second-order valence-electron chi connectivity index (χ2n) is 8.17. The van der Waals surface area contributed by atoms with Crippen LogP contribution in [0.25, 0.3) is 0 Å². The Hall–Kier alpha value is -3.14. The SMILES string of the molecule is O=C(O)C(F)(F)F.O=S(=O)(O)C(F)(F)F.O=S(=O)(O)C(F)(F)F.O=S(=O)(O)C(F)(F)F.O=S(=O)(O)C(F)(F)F.O=S(=O)(O)C(F)(F)F.O=S(=O)(O)C(F)(F)F.O=S(=O)(O)C(F)(F)F.O=S(=O)(O)C(F)(F)F. The Morgan fingerprint density at radius 3 is 0.239 bits per heavy atom. The molecule has 0 aliphatic rings. The Balaban J connectivity index is -0.0000000870. The van der Waals surface area contributed by atoms with E-state index >= 15 is 0 Å². The summed E-state index contributed by atoms with van der Waals surface area (Å²) in [5.74, 6) is -2.76. The molecular weight excluding hydrogens is 1310 g/mol. The molecule has 0 saturated heterocycles. The molecule has 0 heterocycles. The minimum absolute atomic E-state index is 2.76. The largest absolute Gasteiger partial charge is 0.522 e. The molecular formula is C10H9F27O26S8. The molecule has 0 atom stereocenters. The average Bonchev–Trinajstić information content (AvgIpc) is 2.91. The highest BCUT2D eigenvalue weighted by Crippen LogP contribution is 2.25. The van der Waals surface area contributed by atoms with E-state index in [4.69, 9.17) is 114 Å².